The Morgan fingerprint density at radius 3 is 2.35 bits per heavy atom. The van der Waals surface area contributed by atoms with E-state index in [1.807, 2.05) is 0 Å². The summed E-state index contributed by atoms with van der Waals surface area (Å²) >= 11 is 0. The molecule has 1 N–H and O–H groups in total. The highest BCUT2D eigenvalue weighted by Crippen LogP contribution is 2.67. The van der Waals surface area contributed by atoms with E-state index < -0.39 is 13.9 Å². The van der Waals surface area contributed by atoms with Crippen LogP contribution in [-0.2, 0) is 13.9 Å². The van der Waals surface area contributed by atoms with E-state index in [2.05, 4.69) is 86.7 Å². The van der Waals surface area contributed by atoms with Crippen LogP contribution in [0.5, 0.6) is 0 Å². The first-order valence-corrected chi connectivity index (χ1v) is 19.2. The minimum absolute atomic E-state index is 0.196. The zero-order valence-electron chi connectivity index (χ0n) is 27.9. The molecule has 0 aromatic carbocycles. The lowest BCUT2D eigenvalue weighted by Crippen LogP contribution is -2.53. The lowest BCUT2D eigenvalue weighted by molar-refractivity contribution is -0.112. The number of aliphatic hydroxyl groups is 1. The van der Waals surface area contributed by atoms with E-state index in [0.717, 1.165) is 31.1 Å². The number of hydrogen-bond acceptors (Lipinski definition) is 4. The van der Waals surface area contributed by atoms with Gasteiger partial charge in [-0.15, -0.1) is 0 Å². The summed E-state index contributed by atoms with van der Waals surface area (Å²) in [6.45, 7) is 23.5. The molecule has 0 aromatic heterocycles. The second-order valence-electron chi connectivity index (χ2n) is 16.8. The number of rotatable bonds is 9. The van der Waals surface area contributed by atoms with Gasteiger partial charge in [0.25, 0.3) is 0 Å². The maximum atomic E-state index is 11.8. The Bertz CT molecular complexity index is 959. The average Bonchev–Trinajstić information content (AvgIpc) is 3.20. The van der Waals surface area contributed by atoms with Crippen LogP contribution in [0.1, 0.15) is 113 Å². The molecule has 0 radical (unpaired) electrons. The second-order valence-corrected chi connectivity index (χ2v) is 21.6. The molecule has 0 saturated heterocycles. The van der Waals surface area contributed by atoms with Gasteiger partial charge in [-0.3, -0.25) is 0 Å². The monoisotopic (exact) mass is 574 g/mol. The third-order valence-electron chi connectivity index (χ3n) is 12.7. The molecule has 0 bridgehead atoms. The molecule has 4 rings (SSSR count). The summed E-state index contributed by atoms with van der Waals surface area (Å²) < 4.78 is 17.8. The normalized spacial score (nSPS) is 38.4. The number of fused-ring (bicyclic) bond motifs is 5. The van der Waals surface area contributed by atoms with E-state index in [1.54, 1.807) is 12.7 Å². The molecular formula is C35H62O4Si. The van der Waals surface area contributed by atoms with Crippen molar-refractivity contribution in [3.8, 4) is 0 Å². The van der Waals surface area contributed by atoms with Gasteiger partial charge >= 0.3 is 0 Å². The van der Waals surface area contributed by atoms with E-state index in [0.29, 0.717) is 30.1 Å². The predicted molar refractivity (Wildman–Crippen MR) is 169 cm³/mol. The van der Waals surface area contributed by atoms with E-state index in [9.17, 15) is 5.11 Å². The molecule has 1 unspecified atom stereocenters. The summed E-state index contributed by atoms with van der Waals surface area (Å²) in [5.74, 6) is 2.53. The molecule has 5 heteroatoms. The molecule has 8 atom stereocenters. The van der Waals surface area contributed by atoms with Gasteiger partial charge in [-0.25, -0.2) is 0 Å². The molecule has 230 valence electrons. The van der Waals surface area contributed by atoms with Gasteiger partial charge in [-0.1, -0.05) is 58.4 Å². The van der Waals surface area contributed by atoms with E-state index in [-0.39, 0.29) is 16.1 Å². The largest absolute Gasteiger partial charge is 0.414 e. The van der Waals surface area contributed by atoms with Gasteiger partial charge in [0.1, 0.15) is 6.79 Å². The zero-order valence-corrected chi connectivity index (χ0v) is 28.9. The van der Waals surface area contributed by atoms with Crippen LogP contribution < -0.4 is 0 Å². The number of methoxy groups -OCH3 is 1. The predicted octanol–water partition coefficient (Wildman–Crippen LogP) is 9.05. The van der Waals surface area contributed by atoms with Crippen molar-refractivity contribution in [1.82, 2.24) is 0 Å². The Kier molecular flexibility index (Phi) is 9.11. The summed E-state index contributed by atoms with van der Waals surface area (Å²) in [4.78, 5) is 0. The SMILES string of the molecule is COCOC(C)(C)C/C=C\[C@](C)(O)[C@H]1CC[C@H]2[C@@H]3CC=C4CC(O[Si](C)(C)C(C)(C)C)CC[C@]4(C)[C@H]3CC[C@@]21C. The van der Waals surface area contributed by atoms with Crippen LogP contribution >= 0.6 is 0 Å². The average molecular weight is 575 g/mol. The van der Waals surface area contributed by atoms with E-state index >= 15 is 0 Å². The van der Waals surface area contributed by atoms with Crippen LogP contribution in [0.15, 0.2) is 23.8 Å². The topological polar surface area (TPSA) is 47.9 Å². The Labute approximate surface area is 247 Å². The van der Waals surface area contributed by atoms with Crippen molar-refractivity contribution in [3.05, 3.63) is 23.8 Å². The maximum Gasteiger partial charge on any atom is 0.192 e. The number of ether oxygens (including phenoxy) is 2. The van der Waals surface area contributed by atoms with Crippen LogP contribution in [0.4, 0.5) is 0 Å². The van der Waals surface area contributed by atoms with Crippen molar-refractivity contribution < 1.29 is 19.0 Å². The highest BCUT2D eigenvalue weighted by atomic mass is 28.4. The molecule has 0 amide bonds. The number of hydrogen-bond donors (Lipinski definition) is 1. The lowest BCUT2D eigenvalue weighted by Gasteiger charge is -2.59. The fourth-order valence-electron chi connectivity index (χ4n) is 9.26. The molecule has 3 fully saturated rings. The molecule has 0 heterocycles. The van der Waals surface area contributed by atoms with Gasteiger partial charge < -0.3 is 19.0 Å². The molecule has 4 aliphatic rings. The van der Waals surface area contributed by atoms with Crippen molar-refractivity contribution in [2.45, 2.75) is 149 Å². The maximum absolute atomic E-state index is 11.8. The smallest absolute Gasteiger partial charge is 0.192 e. The minimum atomic E-state index is -1.76. The lowest BCUT2D eigenvalue weighted by atomic mass is 9.47. The van der Waals surface area contributed by atoms with Gasteiger partial charge in [-0.05, 0) is 131 Å². The Hall–Kier alpha value is -0.463. The van der Waals surface area contributed by atoms with Crippen LogP contribution in [0, 0.1) is 34.5 Å². The van der Waals surface area contributed by atoms with Gasteiger partial charge in [0.2, 0.25) is 0 Å². The molecule has 3 saturated carbocycles. The number of allylic oxidation sites excluding steroid dienone is 1. The summed E-state index contributed by atoms with van der Waals surface area (Å²) in [6.07, 6.45) is 17.8. The molecule has 40 heavy (non-hydrogen) atoms. The molecule has 0 aromatic rings. The Morgan fingerprint density at radius 1 is 1.00 bits per heavy atom. The quantitative estimate of drug-likeness (QED) is 0.169. The van der Waals surface area contributed by atoms with Gasteiger partial charge in [0.05, 0.1) is 11.2 Å². The molecular weight excluding hydrogens is 512 g/mol. The zero-order chi connectivity index (χ0) is 29.8. The summed E-state index contributed by atoms with van der Waals surface area (Å²) in [7, 11) is -0.102. The fourth-order valence-corrected chi connectivity index (χ4v) is 10.6. The third kappa shape index (κ3) is 6.11. The van der Waals surface area contributed by atoms with Gasteiger partial charge in [0.15, 0.2) is 8.32 Å². The highest BCUT2D eigenvalue weighted by Gasteiger charge is 2.61. The standard InChI is InChI=1S/C35H62O4Si/c1-31(2,3)40(10,11)39-26-17-21-33(6)25(23-26)13-14-27-28-15-16-30(34(28,7)22-18-29(27)33)35(8,36)20-12-19-32(4,5)38-24-37-9/h12-13,20,26-30,36H,14-19,21-24H2,1-11H3/b20-12-/t26?,27-,28-,29-,30-,33-,34-,35-/m0/s1. The van der Waals surface area contributed by atoms with E-state index in [4.69, 9.17) is 13.9 Å². The molecule has 4 aliphatic carbocycles. The van der Waals surface area contributed by atoms with Crippen LogP contribution in [0.25, 0.3) is 0 Å². The van der Waals surface area contributed by atoms with Crippen LogP contribution in [0.2, 0.25) is 18.1 Å². The van der Waals surface area contributed by atoms with Gasteiger partial charge in [-0.2, -0.15) is 0 Å². The van der Waals surface area contributed by atoms with Crippen molar-refractivity contribution in [3.63, 3.8) is 0 Å². The second kappa shape index (κ2) is 11.2. The molecule has 0 aliphatic heterocycles. The summed E-state index contributed by atoms with van der Waals surface area (Å²) in [5.41, 5.74) is 1.12. The van der Waals surface area contributed by atoms with E-state index in [1.165, 1.54) is 38.5 Å². The fraction of sp³-hybridized carbons (Fsp3) is 0.886. The first-order chi connectivity index (χ1) is 18.4. The third-order valence-corrected chi connectivity index (χ3v) is 17.2. The Balaban J connectivity index is 1.46. The summed E-state index contributed by atoms with van der Waals surface area (Å²) in [6, 6.07) is 0. The minimum Gasteiger partial charge on any atom is -0.414 e. The van der Waals surface area contributed by atoms with Crippen LogP contribution in [-0.4, -0.2) is 44.6 Å². The first-order valence-electron chi connectivity index (χ1n) is 16.3. The molecule has 4 nitrogen and oxygen atoms in total. The van der Waals surface area contributed by atoms with Gasteiger partial charge in [0, 0.05) is 13.2 Å². The van der Waals surface area contributed by atoms with Crippen molar-refractivity contribution in [2.24, 2.45) is 34.5 Å². The van der Waals surface area contributed by atoms with Crippen molar-refractivity contribution in [2.75, 3.05) is 13.9 Å². The summed E-state index contributed by atoms with van der Waals surface area (Å²) in [5, 5.41) is 12.1. The van der Waals surface area contributed by atoms with Crippen molar-refractivity contribution in [1.29, 1.82) is 0 Å². The highest BCUT2D eigenvalue weighted by molar-refractivity contribution is 6.74. The Morgan fingerprint density at radius 2 is 1.70 bits per heavy atom. The first kappa shape index (κ1) is 32.5. The van der Waals surface area contributed by atoms with Crippen LogP contribution in [0.3, 0.4) is 0 Å². The van der Waals surface area contributed by atoms with Crippen molar-refractivity contribution >= 4 is 8.32 Å². The molecule has 0 spiro atoms.